The molecule has 10 heteroatoms. The zero-order valence-corrected chi connectivity index (χ0v) is 18.5. The first kappa shape index (κ1) is 22.1. The molecule has 0 aromatic carbocycles. The third-order valence-electron chi connectivity index (χ3n) is 5.26. The molecule has 2 fully saturated rings. The highest BCUT2D eigenvalue weighted by atomic mass is 16.8. The summed E-state index contributed by atoms with van der Waals surface area (Å²) in [4.78, 5) is 32.9. The van der Waals surface area contributed by atoms with Crippen LogP contribution >= 0.6 is 0 Å². The Bertz CT molecular complexity index is 999. The van der Waals surface area contributed by atoms with Gasteiger partial charge in [-0.05, 0) is 45.7 Å². The van der Waals surface area contributed by atoms with E-state index in [-0.39, 0.29) is 12.6 Å². The van der Waals surface area contributed by atoms with Crippen LogP contribution in [0.5, 0.6) is 5.88 Å². The molecule has 10 nitrogen and oxygen atoms in total. The molecule has 0 unspecified atom stereocenters. The molecule has 0 spiro atoms. The van der Waals surface area contributed by atoms with Crippen LogP contribution in [0.25, 0.3) is 11.0 Å². The van der Waals surface area contributed by atoms with Gasteiger partial charge in [0.1, 0.15) is 5.60 Å². The predicted molar refractivity (Wildman–Crippen MR) is 112 cm³/mol. The average molecular weight is 445 g/mol. The highest BCUT2D eigenvalue weighted by Crippen LogP contribution is 2.38. The number of pyridine rings is 2. The number of nitrogens with zero attached hydrogens (tertiary/aromatic N) is 2. The number of amides is 1. The van der Waals surface area contributed by atoms with Gasteiger partial charge in [0.15, 0.2) is 12.2 Å². The first-order chi connectivity index (χ1) is 15.2. The van der Waals surface area contributed by atoms with Crippen molar-refractivity contribution < 1.29 is 33.3 Å². The molecule has 2 aromatic rings. The highest BCUT2D eigenvalue weighted by Gasteiger charge is 2.46. The van der Waals surface area contributed by atoms with Gasteiger partial charge in [-0.2, -0.15) is 0 Å². The monoisotopic (exact) mass is 445 g/mol. The van der Waals surface area contributed by atoms with Gasteiger partial charge in [-0.1, -0.05) is 0 Å². The van der Waals surface area contributed by atoms with Crippen molar-refractivity contribution >= 4 is 23.3 Å². The summed E-state index contributed by atoms with van der Waals surface area (Å²) >= 11 is 0. The lowest BCUT2D eigenvalue weighted by Crippen LogP contribution is -2.47. The molecule has 0 radical (unpaired) electrons. The van der Waals surface area contributed by atoms with E-state index in [2.05, 4.69) is 15.3 Å². The normalized spacial score (nSPS) is 25.7. The predicted octanol–water partition coefficient (Wildman–Crippen LogP) is 3.29. The molecule has 2 aromatic heterocycles. The van der Waals surface area contributed by atoms with Crippen molar-refractivity contribution in [2.24, 2.45) is 0 Å². The Morgan fingerprint density at radius 2 is 2.00 bits per heavy atom. The van der Waals surface area contributed by atoms with Crippen LogP contribution in [0.3, 0.4) is 0 Å². The van der Waals surface area contributed by atoms with E-state index in [4.69, 9.17) is 23.7 Å². The van der Waals surface area contributed by atoms with Gasteiger partial charge in [0.2, 0.25) is 5.88 Å². The number of hydrogen-bond donors (Lipinski definition) is 1. The number of cyclic esters (lactones) is 2. The number of carbonyl (C=O) groups is 2. The van der Waals surface area contributed by atoms with Crippen molar-refractivity contribution in [2.45, 2.75) is 63.6 Å². The molecule has 172 valence electrons. The summed E-state index contributed by atoms with van der Waals surface area (Å²) in [5.74, 6) is 0.429. The molecule has 2 saturated heterocycles. The molecule has 4 rings (SSSR count). The fourth-order valence-electron chi connectivity index (χ4n) is 3.87. The molecule has 2 aliphatic rings. The van der Waals surface area contributed by atoms with Crippen molar-refractivity contribution in [3.05, 3.63) is 30.0 Å². The Morgan fingerprint density at radius 3 is 2.69 bits per heavy atom. The van der Waals surface area contributed by atoms with Gasteiger partial charge in [0, 0.05) is 17.8 Å². The van der Waals surface area contributed by atoms with E-state index in [0.717, 1.165) is 0 Å². The van der Waals surface area contributed by atoms with Gasteiger partial charge in [0.05, 0.1) is 36.9 Å². The molecule has 0 saturated carbocycles. The second kappa shape index (κ2) is 8.78. The van der Waals surface area contributed by atoms with E-state index in [1.807, 2.05) is 20.8 Å². The molecule has 1 amide bonds. The number of methoxy groups -OCH3 is 1. The van der Waals surface area contributed by atoms with Crippen molar-refractivity contribution in [3.63, 3.8) is 0 Å². The van der Waals surface area contributed by atoms with Gasteiger partial charge in [-0.25, -0.2) is 14.6 Å². The van der Waals surface area contributed by atoms with Gasteiger partial charge in [-0.15, -0.1) is 0 Å². The number of carbonyl (C=O) groups excluding carboxylic acids is 2. The Morgan fingerprint density at radius 1 is 1.19 bits per heavy atom. The fourth-order valence-corrected chi connectivity index (χ4v) is 3.87. The van der Waals surface area contributed by atoms with Crippen molar-refractivity contribution in [2.75, 3.05) is 13.7 Å². The summed E-state index contributed by atoms with van der Waals surface area (Å²) < 4.78 is 27.5. The third-order valence-corrected chi connectivity index (χ3v) is 5.26. The largest absolute Gasteiger partial charge is 0.509 e. The minimum atomic E-state index is -0.759. The van der Waals surface area contributed by atoms with E-state index < -0.39 is 36.2 Å². The van der Waals surface area contributed by atoms with Crippen LogP contribution in [0.2, 0.25) is 0 Å². The number of nitrogens with one attached hydrogen (secondary N) is 1. The molecular formula is C22H27N3O7. The number of rotatable bonds is 4. The van der Waals surface area contributed by atoms with Gasteiger partial charge in [-0.3, -0.25) is 4.98 Å². The minimum absolute atomic E-state index is 0.190. The zero-order chi connectivity index (χ0) is 22.9. The summed E-state index contributed by atoms with van der Waals surface area (Å²) in [5.41, 5.74) is 1.31. The van der Waals surface area contributed by atoms with Crippen molar-refractivity contribution in [1.29, 1.82) is 0 Å². The van der Waals surface area contributed by atoms with Crippen LogP contribution in [-0.4, -0.2) is 59.8 Å². The molecule has 4 atom stereocenters. The number of hydrogen-bond acceptors (Lipinski definition) is 9. The Kier molecular flexibility index (Phi) is 6.05. The summed E-state index contributed by atoms with van der Waals surface area (Å²) in [6.07, 6.45) is -0.135. The molecular weight excluding hydrogens is 418 g/mol. The molecule has 0 aliphatic carbocycles. The molecule has 4 heterocycles. The first-order valence-corrected chi connectivity index (χ1v) is 10.5. The molecule has 0 bridgehead atoms. The van der Waals surface area contributed by atoms with Crippen LogP contribution < -0.4 is 10.1 Å². The van der Waals surface area contributed by atoms with Crippen LogP contribution in [0.1, 0.15) is 45.3 Å². The second-order valence-electron chi connectivity index (χ2n) is 8.78. The molecule has 32 heavy (non-hydrogen) atoms. The molecule has 1 N–H and O–H groups in total. The van der Waals surface area contributed by atoms with E-state index >= 15 is 0 Å². The van der Waals surface area contributed by atoms with Crippen LogP contribution in [0.4, 0.5) is 9.59 Å². The number of aromatic nitrogens is 2. The zero-order valence-electron chi connectivity index (χ0n) is 18.5. The summed E-state index contributed by atoms with van der Waals surface area (Å²) in [6.45, 7) is 5.69. The average Bonchev–Trinajstić information content (AvgIpc) is 3.13. The summed E-state index contributed by atoms with van der Waals surface area (Å²) in [7, 11) is 1.53. The second-order valence-corrected chi connectivity index (χ2v) is 8.78. The molecule has 2 aliphatic heterocycles. The summed E-state index contributed by atoms with van der Waals surface area (Å²) in [5, 5.41) is 2.82. The van der Waals surface area contributed by atoms with E-state index in [1.54, 1.807) is 24.4 Å². The number of ether oxygens (including phenoxy) is 5. The Hall–Kier alpha value is -3.14. The van der Waals surface area contributed by atoms with Crippen LogP contribution in [0, 0.1) is 0 Å². The summed E-state index contributed by atoms with van der Waals surface area (Å²) in [6, 6.07) is 5.08. The van der Waals surface area contributed by atoms with Gasteiger partial charge < -0.3 is 29.0 Å². The van der Waals surface area contributed by atoms with Crippen LogP contribution in [0.15, 0.2) is 24.4 Å². The first-order valence-electron chi connectivity index (χ1n) is 10.5. The van der Waals surface area contributed by atoms with E-state index in [0.29, 0.717) is 35.3 Å². The Labute approximate surface area is 185 Å². The smallest absolute Gasteiger partial charge is 0.481 e. The van der Waals surface area contributed by atoms with E-state index in [9.17, 15) is 9.59 Å². The quantitative estimate of drug-likeness (QED) is 0.707. The van der Waals surface area contributed by atoms with Crippen molar-refractivity contribution in [1.82, 2.24) is 15.3 Å². The lowest BCUT2D eigenvalue weighted by atomic mass is 9.94. The topological polar surface area (TPSA) is 118 Å². The highest BCUT2D eigenvalue weighted by molar-refractivity contribution is 5.79. The van der Waals surface area contributed by atoms with E-state index in [1.165, 1.54) is 7.11 Å². The van der Waals surface area contributed by atoms with Gasteiger partial charge in [0.25, 0.3) is 0 Å². The SMILES string of the molecule is COc1ccc2nccc([C@H]3OC(=O)O[C@@H]3[C@H]3CC[C@H](NC(=O)OC(C)(C)C)CO3)c2n1. The third kappa shape index (κ3) is 4.85. The maximum atomic E-state index is 12.0. The minimum Gasteiger partial charge on any atom is -0.481 e. The number of fused-ring (bicyclic) bond motifs is 1. The number of alkyl carbamates (subject to hydrolysis) is 1. The van der Waals surface area contributed by atoms with Crippen molar-refractivity contribution in [3.8, 4) is 5.88 Å². The fraction of sp³-hybridized carbons (Fsp3) is 0.545. The lowest BCUT2D eigenvalue weighted by Gasteiger charge is -2.33. The lowest BCUT2D eigenvalue weighted by molar-refractivity contribution is -0.0744. The van der Waals surface area contributed by atoms with Crippen LogP contribution in [-0.2, 0) is 18.9 Å². The maximum absolute atomic E-state index is 12.0. The van der Waals surface area contributed by atoms with Gasteiger partial charge >= 0.3 is 12.2 Å². The standard InChI is InChI=1S/C22H27N3O7/c1-22(2,3)32-20(26)24-12-5-7-15(29-11-12)19-18(30-21(27)31-19)13-9-10-23-14-6-8-16(28-4)25-17(13)14/h6,8-10,12,15,18-19H,5,7,11H2,1-4H3,(H,24,26)/t12-,15+,18+,19+/m0/s1. The Balaban J connectivity index is 1.47. The maximum Gasteiger partial charge on any atom is 0.509 e.